The van der Waals surface area contributed by atoms with Crippen molar-refractivity contribution in [3.63, 3.8) is 0 Å². The van der Waals surface area contributed by atoms with Crippen LogP contribution in [0.3, 0.4) is 0 Å². The van der Waals surface area contributed by atoms with Crippen molar-refractivity contribution >= 4 is 5.78 Å². The van der Waals surface area contributed by atoms with Crippen LogP contribution in [0.1, 0.15) is 22.7 Å². The highest BCUT2D eigenvalue weighted by Crippen LogP contribution is 2.15. The molecule has 0 radical (unpaired) electrons. The van der Waals surface area contributed by atoms with Gasteiger partial charge in [-0.1, -0.05) is 0 Å². The maximum absolute atomic E-state index is 5.36. The van der Waals surface area contributed by atoms with Crippen molar-refractivity contribution in [3.8, 4) is 0 Å². The molecule has 0 fully saturated rings. The van der Waals surface area contributed by atoms with Crippen LogP contribution in [-0.4, -0.2) is 19.6 Å². The summed E-state index contributed by atoms with van der Waals surface area (Å²) in [6.45, 7) is 4.07. The van der Waals surface area contributed by atoms with E-state index in [4.69, 9.17) is 4.42 Å². The molecule has 3 rings (SSSR count). The number of hydrogen-bond acceptors (Lipinski definition) is 4. The molecular formula is C13H14N4O. The molecular weight excluding hydrogens is 228 g/mol. The predicted molar refractivity (Wildman–Crippen MR) is 66.4 cm³/mol. The lowest BCUT2D eigenvalue weighted by Crippen LogP contribution is -2.07. The monoisotopic (exact) mass is 242 g/mol. The van der Waals surface area contributed by atoms with Gasteiger partial charge in [0.25, 0.3) is 5.78 Å². The second kappa shape index (κ2) is 4.25. The van der Waals surface area contributed by atoms with Crippen LogP contribution in [0, 0.1) is 13.8 Å². The van der Waals surface area contributed by atoms with Crippen LogP contribution in [0.25, 0.3) is 5.78 Å². The fourth-order valence-electron chi connectivity index (χ4n) is 2.09. The Labute approximate surface area is 104 Å². The van der Waals surface area contributed by atoms with Crippen LogP contribution in [0.15, 0.2) is 29.1 Å². The summed E-state index contributed by atoms with van der Waals surface area (Å²) in [4.78, 5) is 8.55. The van der Waals surface area contributed by atoms with Crippen molar-refractivity contribution in [1.82, 2.24) is 19.6 Å². The molecule has 0 N–H and O–H groups in total. The van der Waals surface area contributed by atoms with Crippen molar-refractivity contribution in [1.29, 1.82) is 0 Å². The minimum atomic E-state index is 0.660. The topological polar surface area (TPSA) is 56.2 Å². The first-order valence-corrected chi connectivity index (χ1v) is 5.94. The third-order valence-corrected chi connectivity index (χ3v) is 3.22. The molecule has 18 heavy (non-hydrogen) atoms. The van der Waals surface area contributed by atoms with E-state index in [0.717, 1.165) is 30.0 Å². The first-order valence-electron chi connectivity index (χ1n) is 5.94. The molecule has 0 unspecified atom stereocenters. The molecule has 0 atom stereocenters. The van der Waals surface area contributed by atoms with Gasteiger partial charge in [-0.05, 0) is 38.0 Å². The number of furan rings is 1. The maximum Gasteiger partial charge on any atom is 0.252 e. The normalized spacial score (nSPS) is 11.2. The molecule has 5 nitrogen and oxygen atoms in total. The highest BCUT2D eigenvalue weighted by molar-refractivity contribution is 5.35. The van der Waals surface area contributed by atoms with Crippen molar-refractivity contribution < 1.29 is 4.42 Å². The average Bonchev–Trinajstić information content (AvgIpc) is 3.00. The average molecular weight is 242 g/mol. The zero-order valence-electron chi connectivity index (χ0n) is 10.4. The smallest absolute Gasteiger partial charge is 0.252 e. The summed E-state index contributed by atoms with van der Waals surface area (Å²) in [7, 11) is 0. The van der Waals surface area contributed by atoms with Gasteiger partial charge < -0.3 is 4.42 Å². The Hall–Kier alpha value is -2.17. The Morgan fingerprint density at radius 1 is 1.28 bits per heavy atom. The Kier molecular flexibility index (Phi) is 2.59. The van der Waals surface area contributed by atoms with E-state index >= 15 is 0 Å². The van der Waals surface area contributed by atoms with Crippen molar-refractivity contribution in [2.45, 2.75) is 26.7 Å². The molecule has 0 aliphatic heterocycles. The molecule has 0 spiro atoms. The zero-order valence-corrected chi connectivity index (χ0v) is 10.4. The van der Waals surface area contributed by atoms with Crippen LogP contribution < -0.4 is 0 Å². The Bertz CT molecular complexity index is 670. The Balaban J connectivity index is 1.99. The molecule has 0 aliphatic carbocycles. The van der Waals surface area contributed by atoms with E-state index in [1.807, 2.05) is 23.6 Å². The minimum absolute atomic E-state index is 0.660. The van der Waals surface area contributed by atoms with Gasteiger partial charge in [0.05, 0.1) is 12.0 Å². The molecule has 3 aromatic rings. The predicted octanol–water partition coefficient (Wildman–Crippen LogP) is 2.12. The lowest BCUT2D eigenvalue weighted by atomic mass is 10.1. The number of fused-ring (bicyclic) bond motifs is 1. The van der Waals surface area contributed by atoms with Gasteiger partial charge >= 0.3 is 0 Å². The van der Waals surface area contributed by atoms with Gasteiger partial charge in [-0.3, -0.25) is 0 Å². The second-order valence-electron chi connectivity index (χ2n) is 4.32. The Morgan fingerprint density at radius 3 is 2.94 bits per heavy atom. The van der Waals surface area contributed by atoms with Crippen LogP contribution in [0.4, 0.5) is 0 Å². The van der Waals surface area contributed by atoms with Crippen molar-refractivity contribution in [2.75, 3.05) is 0 Å². The fraction of sp³-hybridized carbons (Fsp3) is 0.308. The third kappa shape index (κ3) is 1.77. The quantitative estimate of drug-likeness (QED) is 0.706. The zero-order chi connectivity index (χ0) is 12.5. The molecule has 0 aromatic carbocycles. The molecule has 0 saturated heterocycles. The van der Waals surface area contributed by atoms with Gasteiger partial charge in [0.15, 0.2) is 0 Å². The summed E-state index contributed by atoms with van der Waals surface area (Å²) in [5.74, 6) is 1.64. The number of aryl methyl sites for hydroxylation is 3. The minimum Gasteiger partial charge on any atom is -0.469 e. The van der Waals surface area contributed by atoms with Crippen LogP contribution in [-0.2, 0) is 12.8 Å². The van der Waals surface area contributed by atoms with Crippen LogP contribution in [0.2, 0.25) is 0 Å². The number of hydrogen-bond donors (Lipinski definition) is 0. The molecule has 5 heteroatoms. The van der Waals surface area contributed by atoms with Gasteiger partial charge in [-0.25, -0.2) is 9.50 Å². The third-order valence-electron chi connectivity index (χ3n) is 3.22. The van der Waals surface area contributed by atoms with E-state index < -0.39 is 0 Å². The van der Waals surface area contributed by atoms with Crippen molar-refractivity contribution in [3.05, 3.63) is 47.4 Å². The van der Waals surface area contributed by atoms with E-state index in [-0.39, 0.29) is 0 Å². The molecule has 3 heterocycles. The second-order valence-corrected chi connectivity index (χ2v) is 4.32. The first kappa shape index (κ1) is 11.0. The SMILES string of the molecule is Cc1nc2ncnn2c(CCc2ccco2)c1C. The summed E-state index contributed by atoms with van der Waals surface area (Å²) >= 11 is 0. The summed E-state index contributed by atoms with van der Waals surface area (Å²) in [6, 6.07) is 3.90. The molecule has 3 aromatic heterocycles. The van der Waals surface area contributed by atoms with Gasteiger partial charge in [0.2, 0.25) is 0 Å². The maximum atomic E-state index is 5.36. The highest BCUT2D eigenvalue weighted by Gasteiger charge is 2.11. The molecule has 0 saturated carbocycles. The van der Waals surface area contributed by atoms with Crippen LogP contribution >= 0.6 is 0 Å². The molecule has 0 amide bonds. The number of aromatic nitrogens is 4. The van der Waals surface area contributed by atoms with Crippen LogP contribution in [0.5, 0.6) is 0 Å². The Morgan fingerprint density at radius 2 is 2.17 bits per heavy atom. The lowest BCUT2D eigenvalue weighted by Gasteiger charge is -2.09. The highest BCUT2D eigenvalue weighted by atomic mass is 16.3. The summed E-state index contributed by atoms with van der Waals surface area (Å²) < 4.78 is 7.17. The first-order chi connectivity index (χ1) is 8.75. The van der Waals surface area contributed by atoms with E-state index in [2.05, 4.69) is 22.0 Å². The van der Waals surface area contributed by atoms with E-state index in [1.165, 1.54) is 11.9 Å². The van der Waals surface area contributed by atoms with Gasteiger partial charge in [0.1, 0.15) is 12.1 Å². The summed E-state index contributed by atoms with van der Waals surface area (Å²) in [6.07, 6.45) is 4.96. The van der Waals surface area contributed by atoms with Gasteiger partial charge in [-0.15, -0.1) is 0 Å². The van der Waals surface area contributed by atoms with E-state index in [1.54, 1.807) is 6.26 Å². The molecule has 92 valence electrons. The largest absolute Gasteiger partial charge is 0.469 e. The van der Waals surface area contributed by atoms with Gasteiger partial charge in [0, 0.05) is 12.1 Å². The standard InChI is InChI=1S/C13H14N4O/c1-9-10(2)16-13-14-8-15-17(13)12(9)6-5-11-4-3-7-18-11/h3-4,7-8H,5-6H2,1-2H3. The fourth-order valence-corrected chi connectivity index (χ4v) is 2.09. The summed E-state index contributed by atoms with van der Waals surface area (Å²) in [5, 5.41) is 4.23. The van der Waals surface area contributed by atoms with E-state index in [0.29, 0.717) is 5.78 Å². The number of nitrogens with zero attached hydrogens (tertiary/aromatic N) is 4. The van der Waals surface area contributed by atoms with Crippen molar-refractivity contribution in [2.24, 2.45) is 0 Å². The molecule has 0 aliphatic rings. The van der Waals surface area contributed by atoms with E-state index in [9.17, 15) is 0 Å². The molecule has 0 bridgehead atoms. The van der Waals surface area contributed by atoms with Gasteiger partial charge in [-0.2, -0.15) is 10.1 Å². The number of rotatable bonds is 3. The lowest BCUT2D eigenvalue weighted by molar-refractivity contribution is 0.506. The summed E-state index contributed by atoms with van der Waals surface area (Å²) in [5.41, 5.74) is 3.32.